The van der Waals surface area contributed by atoms with E-state index in [1.165, 1.54) is 0 Å². The molecule has 0 amide bonds. The SMILES string of the molecule is C=C(N/C=C1/COc2ccccc21)N1CCN(c2ccccc2N)CC1. The molecule has 0 saturated carbocycles. The molecule has 2 aliphatic rings. The number of fused-ring (bicyclic) bond motifs is 1. The van der Waals surface area contributed by atoms with Crippen molar-refractivity contribution in [2.45, 2.75) is 0 Å². The zero-order valence-corrected chi connectivity index (χ0v) is 14.8. The van der Waals surface area contributed by atoms with E-state index in [1.807, 2.05) is 42.6 Å². The molecule has 4 rings (SSSR count). The number of nitrogens with two attached hydrogens (primary N) is 1. The minimum Gasteiger partial charge on any atom is -0.488 e. The number of para-hydroxylation sites is 3. The molecule has 134 valence electrons. The number of anilines is 2. The normalized spacial score (nSPS) is 17.8. The average molecular weight is 348 g/mol. The van der Waals surface area contributed by atoms with Crippen LogP contribution in [0, 0.1) is 0 Å². The molecular weight excluding hydrogens is 324 g/mol. The highest BCUT2D eigenvalue weighted by molar-refractivity contribution is 5.74. The minimum atomic E-state index is 0.598. The standard InChI is InChI=1S/C21H24N4O/c1-16(23-14-17-15-26-21-9-5-2-6-18(17)21)24-10-12-25(13-11-24)20-8-4-3-7-19(20)22/h2-9,14,23H,1,10-13,15,22H2/b17-14-. The summed E-state index contributed by atoms with van der Waals surface area (Å²) in [6.45, 7) is 8.48. The highest BCUT2D eigenvalue weighted by Crippen LogP contribution is 2.32. The van der Waals surface area contributed by atoms with E-state index < -0.39 is 0 Å². The predicted octanol–water partition coefficient (Wildman–Crippen LogP) is 2.89. The van der Waals surface area contributed by atoms with Crippen LogP contribution in [0.5, 0.6) is 5.75 Å². The Morgan fingerprint density at radius 2 is 1.77 bits per heavy atom. The van der Waals surface area contributed by atoms with Gasteiger partial charge in [-0.2, -0.15) is 0 Å². The summed E-state index contributed by atoms with van der Waals surface area (Å²) in [5.74, 6) is 1.86. The zero-order chi connectivity index (χ0) is 17.9. The minimum absolute atomic E-state index is 0.598. The fourth-order valence-corrected chi connectivity index (χ4v) is 3.46. The van der Waals surface area contributed by atoms with E-state index in [4.69, 9.17) is 10.5 Å². The van der Waals surface area contributed by atoms with Gasteiger partial charge in [0.15, 0.2) is 0 Å². The van der Waals surface area contributed by atoms with Gasteiger partial charge < -0.3 is 25.6 Å². The lowest BCUT2D eigenvalue weighted by Gasteiger charge is -2.38. The van der Waals surface area contributed by atoms with Crippen LogP contribution in [0.25, 0.3) is 5.57 Å². The molecule has 5 heteroatoms. The second-order valence-corrected chi connectivity index (χ2v) is 6.58. The first-order chi connectivity index (χ1) is 12.7. The summed E-state index contributed by atoms with van der Waals surface area (Å²) >= 11 is 0. The largest absolute Gasteiger partial charge is 0.488 e. The van der Waals surface area contributed by atoms with E-state index in [2.05, 4.69) is 33.8 Å². The third-order valence-corrected chi connectivity index (χ3v) is 4.97. The number of nitrogen functional groups attached to an aromatic ring is 1. The topological polar surface area (TPSA) is 53.8 Å². The second kappa shape index (κ2) is 7.04. The molecule has 0 aromatic heterocycles. The second-order valence-electron chi connectivity index (χ2n) is 6.58. The first-order valence-corrected chi connectivity index (χ1v) is 8.93. The summed E-state index contributed by atoms with van der Waals surface area (Å²) < 4.78 is 5.69. The van der Waals surface area contributed by atoms with E-state index in [0.717, 1.165) is 60.3 Å². The first kappa shape index (κ1) is 16.4. The van der Waals surface area contributed by atoms with E-state index in [1.54, 1.807) is 0 Å². The lowest BCUT2D eigenvalue weighted by Crippen LogP contribution is -2.47. The molecule has 3 N–H and O–H groups in total. The molecule has 0 aliphatic carbocycles. The third kappa shape index (κ3) is 3.20. The quantitative estimate of drug-likeness (QED) is 0.832. The van der Waals surface area contributed by atoms with Crippen LogP contribution < -0.4 is 20.7 Å². The van der Waals surface area contributed by atoms with Crippen molar-refractivity contribution >= 4 is 16.9 Å². The van der Waals surface area contributed by atoms with Crippen molar-refractivity contribution in [1.82, 2.24) is 10.2 Å². The Morgan fingerprint density at radius 1 is 1.04 bits per heavy atom. The zero-order valence-electron chi connectivity index (χ0n) is 14.8. The number of benzene rings is 2. The molecule has 2 aromatic carbocycles. The Labute approximate surface area is 154 Å². The van der Waals surface area contributed by atoms with Gasteiger partial charge in [-0.25, -0.2) is 0 Å². The number of hydrogen-bond donors (Lipinski definition) is 2. The summed E-state index contributed by atoms with van der Waals surface area (Å²) in [5.41, 5.74) is 10.4. The predicted molar refractivity (Wildman–Crippen MR) is 107 cm³/mol. The summed E-state index contributed by atoms with van der Waals surface area (Å²) in [6.07, 6.45) is 2.01. The molecule has 0 atom stereocenters. The summed E-state index contributed by atoms with van der Waals surface area (Å²) in [4.78, 5) is 4.60. The van der Waals surface area contributed by atoms with Gasteiger partial charge in [0.05, 0.1) is 17.2 Å². The Morgan fingerprint density at radius 3 is 2.58 bits per heavy atom. The van der Waals surface area contributed by atoms with Crippen molar-refractivity contribution in [2.75, 3.05) is 43.4 Å². The maximum atomic E-state index is 6.10. The van der Waals surface area contributed by atoms with Crippen LogP contribution in [0.15, 0.2) is 67.1 Å². The molecule has 0 spiro atoms. The smallest absolute Gasteiger partial charge is 0.127 e. The van der Waals surface area contributed by atoms with Gasteiger partial charge in [0, 0.05) is 43.5 Å². The monoisotopic (exact) mass is 348 g/mol. The van der Waals surface area contributed by atoms with Crippen molar-refractivity contribution in [3.63, 3.8) is 0 Å². The third-order valence-electron chi connectivity index (χ3n) is 4.97. The van der Waals surface area contributed by atoms with Crippen molar-refractivity contribution in [2.24, 2.45) is 0 Å². The number of hydrogen-bond acceptors (Lipinski definition) is 5. The molecule has 0 bridgehead atoms. The molecule has 0 radical (unpaired) electrons. The van der Waals surface area contributed by atoms with E-state index in [9.17, 15) is 0 Å². The molecule has 1 fully saturated rings. The van der Waals surface area contributed by atoms with Crippen LogP contribution >= 0.6 is 0 Å². The number of nitrogens with one attached hydrogen (secondary N) is 1. The van der Waals surface area contributed by atoms with Crippen LogP contribution in [0.1, 0.15) is 5.56 Å². The highest BCUT2D eigenvalue weighted by atomic mass is 16.5. The number of piperazine rings is 1. The summed E-state index contributed by atoms with van der Waals surface area (Å²) in [5, 5.41) is 3.35. The highest BCUT2D eigenvalue weighted by Gasteiger charge is 2.20. The van der Waals surface area contributed by atoms with Gasteiger partial charge >= 0.3 is 0 Å². The molecule has 2 aromatic rings. The van der Waals surface area contributed by atoms with Crippen LogP contribution in [0.3, 0.4) is 0 Å². The molecular formula is C21H24N4O. The van der Waals surface area contributed by atoms with Gasteiger partial charge in [0.2, 0.25) is 0 Å². The molecule has 2 aliphatic heterocycles. The number of ether oxygens (including phenoxy) is 1. The van der Waals surface area contributed by atoms with Crippen molar-refractivity contribution in [3.8, 4) is 5.75 Å². The molecule has 0 unspecified atom stereocenters. The van der Waals surface area contributed by atoms with Crippen LogP contribution in [0.2, 0.25) is 0 Å². The Balaban J connectivity index is 1.35. The van der Waals surface area contributed by atoms with Crippen molar-refractivity contribution < 1.29 is 4.74 Å². The first-order valence-electron chi connectivity index (χ1n) is 8.93. The Bertz CT molecular complexity index is 837. The summed E-state index contributed by atoms with van der Waals surface area (Å²) in [7, 11) is 0. The fraction of sp³-hybridized carbons (Fsp3) is 0.238. The van der Waals surface area contributed by atoms with Crippen molar-refractivity contribution in [1.29, 1.82) is 0 Å². The Hall–Kier alpha value is -3.08. The molecule has 2 heterocycles. The van der Waals surface area contributed by atoms with Gasteiger partial charge in [-0.3, -0.25) is 0 Å². The van der Waals surface area contributed by atoms with Crippen LogP contribution in [-0.2, 0) is 0 Å². The number of rotatable bonds is 4. The maximum absolute atomic E-state index is 6.10. The molecule has 1 saturated heterocycles. The van der Waals surface area contributed by atoms with E-state index >= 15 is 0 Å². The molecule has 26 heavy (non-hydrogen) atoms. The van der Waals surface area contributed by atoms with Gasteiger partial charge in [0.1, 0.15) is 12.4 Å². The van der Waals surface area contributed by atoms with Crippen LogP contribution in [-0.4, -0.2) is 37.7 Å². The summed E-state index contributed by atoms with van der Waals surface area (Å²) in [6, 6.07) is 16.2. The van der Waals surface area contributed by atoms with E-state index in [0.29, 0.717) is 6.61 Å². The fourth-order valence-electron chi connectivity index (χ4n) is 3.46. The lowest BCUT2D eigenvalue weighted by molar-refractivity contribution is 0.309. The van der Waals surface area contributed by atoms with Gasteiger partial charge in [-0.1, -0.05) is 36.9 Å². The Kier molecular flexibility index (Phi) is 4.44. The van der Waals surface area contributed by atoms with E-state index in [-0.39, 0.29) is 0 Å². The maximum Gasteiger partial charge on any atom is 0.127 e. The van der Waals surface area contributed by atoms with Gasteiger partial charge in [0.25, 0.3) is 0 Å². The van der Waals surface area contributed by atoms with Gasteiger partial charge in [-0.05, 0) is 18.2 Å². The van der Waals surface area contributed by atoms with Gasteiger partial charge in [-0.15, -0.1) is 0 Å². The number of nitrogens with zero attached hydrogens (tertiary/aromatic N) is 2. The lowest BCUT2D eigenvalue weighted by atomic mass is 10.1. The molecule has 5 nitrogen and oxygen atoms in total. The van der Waals surface area contributed by atoms with Crippen molar-refractivity contribution in [3.05, 3.63) is 72.7 Å². The average Bonchev–Trinajstić information content (AvgIpc) is 3.10. The van der Waals surface area contributed by atoms with Crippen LogP contribution in [0.4, 0.5) is 11.4 Å².